The Morgan fingerprint density at radius 3 is 2.45 bits per heavy atom. The number of aliphatic hydroxyl groups excluding tert-OH is 1. The summed E-state index contributed by atoms with van der Waals surface area (Å²) in [5, 5.41) is 17.8. The van der Waals surface area contributed by atoms with Crippen molar-refractivity contribution < 1.29 is 24.2 Å². The molecule has 1 aliphatic heterocycles. The molecule has 0 bridgehead atoms. The van der Waals surface area contributed by atoms with E-state index in [1.807, 2.05) is 87.6 Å². The monoisotopic (exact) mass is 596 g/mol. The Morgan fingerprint density at radius 2 is 1.70 bits per heavy atom. The molecule has 0 unspecified atom stereocenters. The Labute approximate surface area is 258 Å². The summed E-state index contributed by atoms with van der Waals surface area (Å²) in [7, 11) is 3.68. The van der Waals surface area contributed by atoms with Crippen LogP contribution in [0.25, 0.3) is 10.8 Å². The zero-order valence-electron chi connectivity index (χ0n) is 25.6. The number of carbonyl (C=O) groups is 2. The van der Waals surface area contributed by atoms with Crippen LogP contribution < -0.4 is 20.1 Å². The van der Waals surface area contributed by atoms with E-state index in [0.717, 1.165) is 22.1 Å². The van der Waals surface area contributed by atoms with E-state index in [2.05, 4.69) is 15.5 Å². The number of hydrogen-bond donors (Lipinski definition) is 3. The summed E-state index contributed by atoms with van der Waals surface area (Å²) >= 11 is 0. The van der Waals surface area contributed by atoms with Gasteiger partial charge in [-0.15, -0.1) is 0 Å². The lowest BCUT2D eigenvalue weighted by molar-refractivity contribution is 0.0343. The number of para-hydroxylation sites is 1. The summed E-state index contributed by atoms with van der Waals surface area (Å²) < 4.78 is 12.0. The number of carbonyl (C=O) groups excluding carboxylic acids is 2. The van der Waals surface area contributed by atoms with Crippen LogP contribution in [0.5, 0.6) is 11.5 Å². The molecule has 1 aliphatic rings. The quantitative estimate of drug-likeness (QED) is 0.224. The van der Waals surface area contributed by atoms with Gasteiger partial charge in [-0.25, -0.2) is 4.79 Å². The van der Waals surface area contributed by atoms with Gasteiger partial charge in [-0.3, -0.25) is 9.69 Å². The van der Waals surface area contributed by atoms with Crippen molar-refractivity contribution in [3.8, 4) is 11.5 Å². The van der Waals surface area contributed by atoms with Crippen molar-refractivity contribution in [1.82, 2.24) is 9.80 Å². The van der Waals surface area contributed by atoms with E-state index in [1.165, 1.54) is 0 Å². The third kappa shape index (κ3) is 6.96. The summed E-state index contributed by atoms with van der Waals surface area (Å²) in [6, 6.07) is 25.8. The van der Waals surface area contributed by atoms with E-state index in [0.29, 0.717) is 42.3 Å². The number of methoxy groups -OCH3 is 1. The van der Waals surface area contributed by atoms with E-state index in [9.17, 15) is 14.7 Å². The third-order valence-electron chi connectivity index (χ3n) is 8.08. The first kappa shape index (κ1) is 30.8. The number of benzene rings is 4. The van der Waals surface area contributed by atoms with Gasteiger partial charge in [-0.2, -0.15) is 0 Å². The number of likely N-dealkylation sites (N-methyl/N-ethyl adjacent to an activating group) is 1. The number of nitrogens with one attached hydrogen (secondary N) is 2. The molecular formula is C35H40N4O5. The molecule has 0 spiro atoms. The van der Waals surface area contributed by atoms with Crippen molar-refractivity contribution in [2.75, 3.05) is 44.5 Å². The van der Waals surface area contributed by atoms with Crippen LogP contribution in [0.15, 0.2) is 84.9 Å². The molecule has 4 aromatic rings. The minimum absolute atomic E-state index is 0.0722. The number of urea groups is 1. The maximum Gasteiger partial charge on any atom is 0.323 e. The summed E-state index contributed by atoms with van der Waals surface area (Å²) in [6.45, 7) is 5.38. The fraction of sp³-hybridized carbons (Fsp3) is 0.314. The topological polar surface area (TPSA) is 103 Å². The van der Waals surface area contributed by atoms with E-state index in [-0.39, 0.29) is 30.6 Å². The molecular weight excluding hydrogens is 556 g/mol. The Kier molecular flexibility index (Phi) is 9.67. The molecule has 0 saturated heterocycles. The number of ether oxygens (including phenoxy) is 2. The maximum absolute atomic E-state index is 13.8. The lowest BCUT2D eigenvalue weighted by Crippen LogP contribution is -2.49. The van der Waals surface area contributed by atoms with Gasteiger partial charge < -0.3 is 30.1 Å². The SMILES string of the molecule is COc1ccc(CN(C)C[C@H]2Oc3c(NC(=O)Nc4cccc5ccccc45)cccc3C(=O)N([C@H](C)CO)C[C@H]2C)cc1. The van der Waals surface area contributed by atoms with Gasteiger partial charge in [0.15, 0.2) is 5.75 Å². The molecule has 3 atom stereocenters. The van der Waals surface area contributed by atoms with Crippen LogP contribution in [0.1, 0.15) is 29.8 Å². The fourth-order valence-corrected chi connectivity index (χ4v) is 5.58. The third-order valence-corrected chi connectivity index (χ3v) is 8.08. The van der Waals surface area contributed by atoms with Crippen LogP contribution in [-0.2, 0) is 6.54 Å². The Bertz CT molecular complexity index is 1600. The zero-order valence-corrected chi connectivity index (χ0v) is 25.6. The predicted molar refractivity (Wildman–Crippen MR) is 174 cm³/mol. The molecule has 9 heteroatoms. The highest BCUT2D eigenvalue weighted by Crippen LogP contribution is 2.35. The molecule has 44 heavy (non-hydrogen) atoms. The molecule has 3 N–H and O–H groups in total. The number of aliphatic hydroxyl groups is 1. The highest BCUT2D eigenvalue weighted by Gasteiger charge is 2.34. The number of hydrogen-bond acceptors (Lipinski definition) is 6. The van der Waals surface area contributed by atoms with Gasteiger partial charge in [0.05, 0.1) is 36.7 Å². The molecule has 0 aromatic heterocycles. The number of nitrogens with zero attached hydrogens (tertiary/aromatic N) is 2. The fourth-order valence-electron chi connectivity index (χ4n) is 5.58. The summed E-state index contributed by atoms with van der Waals surface area (Å²) in [5.74, 6) is 0.793. The first-order chi connectivity index (χ1) is 21.3. The van der Waals surface area contributed by atoms with Crippen molar-refractivity contribution in [3.63, 3.8) is 0 Å². The zero-order chi connectivity index (χ0) is 31.2. The average Bonchev–Trinajstić information content (AvgIpc) is 3.03. The molecule has 0 radical (unpaired) electrons. The average molecular weight is 597 g/mol. The van der Waals surface area contributed by atoms with Gasteiger partial charge in [0.2, 0.25) is 0 Å². The minimum atomic E-state index is -0.449. The second-order valence-electron chi connectivity index (χ2n) is 11.5. The normalized spacial score (nSPS) is 17.3. The van der Waals surface area contributed by atoms with Crippen molar-refractivity contribution in [3.05, 3.63) is 96.1 Å². The highest BCUT2D eigenvalue weighted by atomic mass is 16.5. The molecule has 9 nitrogen and oxygen atoms in total. The minimum Gasteiger partial charge on any atom is -0.497 e. The summed E-state index contributed by atoms with van der Waals surface area (Å²) in [6.07, 6.45) is -0.317. The van der Waals surface area contributed by atoms with Crippen molar-refractivity contribution >= 4 is 34.1 Å². The van der Waals surface area contributed by atoms with Gasteiger partial charge in [0.25, 0.3) is 5.91 Å². The van der Waals surface area contributed by atoms with Gasteiger partial charge in [0, 0.05) is 30.9 Å². The van der Waals surface area contributed by atoms with E-state index in [4.69, 9.17) is 9.47 Å². The lowest BCUT2D eigenvalue weighted by atomic mass is 9.99. The Balaban J connectivity index is 1.42. The van der Waals surface area contributed by atoms with Crippen molar-refractivity contribution in [1.29, 1.82) is 0 Å². The van der Waals surface area contributed by atoms with E-state index >= 15 is 0 Å². The number of amides is 3. The van der Waals surface area contributed by atoms with Crippen molar-refractivity contribution in [2.24, 2.45) is 5.92 Å². The predicted octanol–water partition coefficient (Wildman–Crippen LogP) is 5.84. The molecule has 5 rings (SSSR count). The number of rotatable bonds is 9. The van der Waals surface area contributed by atoms with Gasteiger partial charge in [-0.05, 0) is 55.3 Å². The molecule has 1 heterocycles. The molecule has 3 amide bonds. The van der Waals surface area contributed by atoms with E-state index in [1.54, 1.807) is 30.2 Å². The largest absolute Gasteiger partial charge is 0.497 e. The smallest absolute Gasteiger partial charge is 0.323 e. The van der Waals surface area contributed by atoms with Crippen LogP contribution in [0.2, 0.25) is 0 Å². The van der Waals surface area contributed by atoms with Crippen molar-refractivity contribution in [2.45, 2.75) is 32.5 Å². The van der Waals surface area contributed by atoms with Gasteiger partial charge in [0.1, 0.15) is 11.9 Å². The molecule has 0 fully saturated rings. The molecule has 0 aliphatic carbocycles. The van der Waals surface area contributed by atoms with Gasteiger partial charge >= 0.3 is 6.03 Å². The molecule has 4 aromatic carbocycles. The van der Waals surface area contributed by atoms with E-state index < -0.39 is 6.03 Å². The van der Waals surface area contributed by atoms with Gasteiger partial charge in [-0.1, -0.05) is 61.5 Å². The first-order valence-electron chi connectivity index (χ1n) is 14.9. The summed E-state index contributed by atoms with van der Waals surface area (Å²) in [4.78, 5) is 31.0. The Hall–Kier alpha value is -4.60. The standard InChI is InChI=1S/C35H40N4O5/c1-23-19-39(24(2)22-40)34(41)29-12-8-14-31(37-35(42)36-30-13-7-10-26-9-5-6-11-28(26)30)33(29)44-32(23)21-38(3)20-25-15-17-27(43-4)18-16-25/h5-18,23-24,32,40H,19-22H2,1-4H3,(H2,36,37,42)/t23-,24-,32-/m1/s1. The summed E-state index contributed by atoms with van der Waals surface area (Å²) in [5.41, 5.74) is 2.53. The lowest BCUT2D eigenvalue weighted by Gasteiger charge is -2.38. The number of anilines is 2. The maximum atomic E-state index is 13.8. The second kappa shape index (κ2) is 13.8. The molecule has 0 saturated carbocycles. The highest BCUT2D eigenvalue weighted by molar-refractivity contribution is 6.08. The van der Waals surface area contributed by atoms with Crippen LogP contribution in [0.4, 0.5) is 16.2 Å². The van der Waals surface area contributed by atoms with Crippen LogP contribution >= 0.6 is 0 Å². The first-order valence-corrected chi connectivity index (χ1v) is 14.9. The Morgan fingerprint density at radius 1 is 1.02 bits per heavy atom. The van der Waals surface area contributed by atoms with Crippen LogP contribution in [0, 0.1) is 5.92 Å². The number of fused-ring (bicyclic) bond motifs is 2. The van der Waals surface area contributed by atoms with Crippen LogP contribution in [0.3, 0.4) is 0 Å². The molecule has 230 valence electrons. The second-order valence-corrected chi connectivity index (χ2v) is 11.5. The van der Waals surface area contributed by atoms with Crippen LogP contribution in [-0.4, -0.2) is 72.8 Å².